The number of nitrogens with zero attached hydrogens (tertiary/aromatic N) is 3. The molecule has 1 atom stereocenters. The third kappa shape index (κ3) is 3.35. The van der Waals surface area contributed by atoms with Crippen LogP contribution in [0.5, 0.6) is 11.5 Å². The number of amides is 1. The number of ether oxygens (including phenoxy) is 2. The second kappa shape index (κ2) is 7.27. The van der Waals surface area contributed by atoms with Gasteiger partial charge in [0, 0.05) is 23.5 Å². The van der Waals surface area contributed by atoms with Gasteiger partial charge >= 0.3 is 0 Å². The molecule has 1 saturated heterocycles. The van der Waals surface area contributed by atoms with Crippen molar-refractivity contribution in [1.29, 1.82) is 0 Å². The van der Waals surface area contributed by atoms with E-state index >= 15 is 0 Å². The van der Waals surface area contributed by atoms with Gasteiger partial charge in [-0.3, -0.25) is 4.79 Å². The van der Waals surface area contributed by atoms with Crippen LogP contribution in [0.25, 0.3) is 11.5 Å². The molecule has 28 heavy (non-hydrogen) atoms. The van der Waals surface area contributed by atoms with Crippen LogP contribution in [0.2, 0.25) is 0 Å². The van der Waals surface area contributed by atoms with E-state index in [-0.39, 0.29) is 18.6 Å². The standard InChI is InChI=1S/C20H19N3O4S/c24-18(10-15-4-2-8-28-15)23-7-1-3-14(11-23)20-22-21-19(27-20)13-5-6-16-17(9-13)26-12-25-16/h2,4-6,8-9,14H,1,3,7,10-12H2. The molecule has 8 heteroatoms. The van der Waals surface area contributed by atoms with Gasteiger partial charge in [0.15, 0.2) is 11.5 Å². The van der Waals surface area contributed by atoms with Gasteiger partial charge in [-0.15, -0.1) is 21.5 Å². The van der Waals surface area contributed by atoms with E-state index in [1.165, 1.54) is 0 Å². The lowest BCUT2D eigenvalue weighted by Crippen LogP contribution is -2.39. The SMILES string of the molecule is O=C(Cc1cccs1)N1CCCC(c2nnc(-c3ccc4c(c3)OCO4)o2)C1. The molecule has 1 fully saturated rings. The smallest absolute Gasteiger partial charge is 0.247 e. The van der Waals surface area contributed by atoms with Crippen LogP contribution in [0.1, 0.15) is 29.5 Å². The van der Waals surface area contributed by atoms with Gasteiger partial charge in [-0.05, 0) is 42.5 Å². The van der Waals surface area contributed by atoms with Crippen LogP contribution in [-0.4, -0.2) is 40.9 Å². The number of carbonyl (C=O) groups excluding carboxylic acids is 1. The summed E-state index contributed by atoms with van der Waals surface area (Å²) in [4.78, 5) is 15.6. The van der Waals surface area contributed by atoms with E-state index in [0.717, 1.165) is 35.6 Å². The Labute approximate surface area is 165 Å². The molecule has 3 aromatic rings. The Balaban J connectivity index is 1.29. The van der Waals surface area contributed by atoms with Crippen LogP contribution in [0, 0.1) is 0 Å². The molecule has 7 nitrogen and oxygen atoms in total. The fourth-order valence-electron chi connectivity index (χ4n) is 3.63. The largest absolute Gasteiger partial charge is 0.454 e. The molecule has 4 heterocycles. The first-order valence-electron chi connectivity index (χ1n) is 9.30. The number of rotatable bonds is 4. The van der Waals surface area contributed by atoms with Crippen molar-refractivity contribution in [3.63, 3.8) is 0 Å². The number of fused-ring (bicyclic) bond motifs is 1. The molecule has 0 bridgehead atoms. The normalized spacial score (nSPS) is 18.4. The van der Waals surface area contributed by atoms with Gasteiger partial charge in [-0.25, -0.2) is 0 Å². The fourth-order valence-corrected chi connectivity index (χ4v) is 4.32. The number of thiophene rings is 1. The second-order valence-corrected chi connectivity index (χ2v) is 7.98. The van der Waals surface area contributed by atoms with Gasteiger partial charge in [0.05, 0.1) is 12.3 Å². The first-order valence-corrected chi connectivity index (χ1v) is 10.2. The maximum absolute atomic E-state index is 12.6. The van der Waals surface area contributed by atoms with E-state index in [9.17, 15) is 4.79 Å². The maximum atomic E-state index is 12.6. The summed E-state index contributed by atoms with van der Waals surface area (Å²) in [6, 6.07) is 9.54. The Kier molecular flexibility index (Phi) is 4.48. The predicted octanol–water partition coefficient (Wildman–Crippen LogP) is 3.48. The number of piperidine rings is 1. The van der Waals surface area contributed by atoms with Crippen LogP contribution in [0.3, 0.4) is 0 Å². The summed E-state index contributed by atoms with van der Waals surface area (Å²) in [5.41, 5.74) is 0.796. The highest BCUT2D eigenvalue weighted by molar-refractivity contribution is 7.10. The Morgan fingerprint density at radius 1 is 1.21 bits per heavy atom. The average molecular weight is 397 g/mol. The summed E-state index contributed by atoms with van der Waals surface area (Å²) in [6.45, 7) is 1.63. The van der Waals surface area contributed by atoms with Crippen molar-refractivity contribution in [3.05, 3.63) is 46.5 Å². The fraction of sp³-hybridized carbons (Fsp3) is 0.350. The molecule has 1 aromatic carbocycles. The lowest BCUT2D eigenvalue weighted by atomic mass is 9.97. The summed E-state index contributed by atoms with van der Waals surface area (Å²) in [7, 11) is 0. The molecular weight excluding hydrogens is 378 g/mol. The van der Waals surface area contributed by atoms with Gasteiger partial charge in [0.1, 0.15) is 0 Å². The minimum atomic E-state index is 0.0660. The highest BCUT2D eigenvalue weighted by Crippen LogP contribution is 2.36. The van der Waals surface area contributed by atoms with Gasteiger partial charge in [0.2, 0.25) is 24.5 Å². The van der Waals surface area contributed by atoms with Crippen molar-refractivity contribution in [3.8, 4) is 23.0 Å². The predicted molar refractivity (Wildman–Crippen MR) is 102 cm³/mol. The second-order valence-electron chi connectivity index (χ2n) is 6.95. The molecule has 0 spiro atoms. The Morgan fingerprint density at radius 3 is 3.04 bits per heavy atom. The number of aromatic nitrogens is 2. The first-order chi connectivity index (χ1) is 13.8. The molecule has 2 aliphatic heterocycles. The molecule has 1 amide bonds. The number of carbonyl (C=O) groups is 1. The average Bonchev–Trinajstić information content (AvgIpc) is 3.48. The summed E-state index contributed by atoms with van der Waals surface area (Å²) in [5.74, 6) is 2.66. The topological polar surface area (TPSA) is 77.7 Å². The maximum Gasteiger partial charge on any atom is 0.247 e. The number of hydrogen-bond donors (Lipinski definition) is 0. The zero-order chi connectivity index (χ0) is 18.9. The summed E-state index contributed by atoms with van der Waals surface area (Å²) < 4.78 is 16.7. The molecule has 0 radical (unpaired) electrons. The van der Waals surface area contributed by atoms with Crippen molar-refractivity contribution in [2.24, 2.45) is 0 Å². The molecule has 2 aromatic heterocycles. The molecule has 0 saturated carbocycles. The van der Waals surface area contributed by atoms with E-state index in [1.54, 1.807) is 11.3 Å². The minimum absolute atomic E-state index is 0.0660. The molecule has 1 unspecified atom stereocenters. The van der Waals surface area contributed by atoms with Crippen molar-refractivity contribution in [2.45, 2.75) is 25.2 Å². The van der Waals surface area contributed by atoms with Crippen LogP contribution < -0.4 is 9.47 Å². The van der Waals surface area contributed by atoms with Crippen LogP contribution in [0.15, 0.2) is 40.1 Å². The van der Waals surface area contributed by atoms with E-state index in [4.69, 9.17) is 13.9 Å². The lowest BCUT2D eigenvalue weighted by Gasteiger charge is -2.31. The van der Waals surface area contributed by atoms with Gasteiger partial charge < -0.3 is 18.8 Å². The van der Waals surface area contributed by atoms with Crippen LogP contribution in [0.4, 0.5) is 0 Å². The molecular formula is C20H19N3O4S. The summed E-state index contributed by atoms with van der Waals surface area (Å²) in [6.07, 6.45) is 2.32. The highest BCUT2D eigenvalue weighted by Gasteiger charge is 2.29. The van der Waals surface area contributed by atoms with E-state index in [1.807, 2.05) is 40.6 Å². The van der Waals surface area contributed by atoms with E-state index in [2.05, 4.69) is 10.2 Å². The Bertz CT molecular complexity index is 985. The van der Waals surface area contributed by atoms with Crippen molar-refractivity contribution in [2.75, 3.05) is 19.9 Å². The third-order valence-corrected chi connectivity index (χ3v) is 5.97. The minimum Gasteiger partial charge on any atom is -0.454 e. The number of benzene rings is 1. The van der Waals surface area contributed by atoms with E-state index < -0.39 is 0 Å². The van der Waals surface area contributed by atoms with Crippen molar-refractivity contribution >= 4 is 17.2 Å². The monoisotopic (exact) mass is 397 g/mol. The zero-order valence-corrected chi connectivity index (χ0v) is 16.0. The number of likely N-dealkylation sites (tertiary alicyclic amines) is 1. The van der Waals surface area contributed by atoms with E-state index in [0.29, 0.717) is 30.5 Å². The zero-order valence-electron chi connectivity index (χ0n) is 15.2. The first kappa shape index (κ1) is 17.2. The molecule has 0 aliphatic carbocycles. The highest BCUT2D eigenvalue weighted by atomic mass is 32.1. The van der Waals surface area contributed by atoms with Gasteiger partial charge in [-0.1, -0.05) is 6.07 Å². The Hall–Kier alpha value is -2.87. The van der Waals surface area contributed by atoms with Crippen LogP contribution in [-0.2, 0) is 11.2 Å². The quantitative estimate of drug-likeness (QED) is 0.671. The lowest BCUT2D eigenvalue weighted by molar-refractivity contribution is -0.131. The van der Waals surface area contributed by atoms with Crippen molar-refractivity contribution in [1.82, 2.24) is 15.1 Å². The molecule has 2 aliphatic rings. The molecule has 5 rings (SSSR count). The van der Waals surface area contributed by atoms with Crippen molar-refractivity contribution < 1.29 is 18.7 Å². The summed E-state index contributed by atoms with van der Waals surface area (Å²) in [5, 5.41) is 10.5. The van der Waals surface area contributed by atoms with Crippen LogP contribution >= 0.6 is 11.3 Å². The third-order valence-electron chi connectivity index (χ3n) is 5.09. The van der Waals surface area contributed by atoms with Gasteiger partial charge in [-0.2, -0.15) is 0 Å². The molecule has 0 N–H and O–H groups in total. The number of hydrogen-bond acceptors (Lipinski definition) is 7. The summed E-state index contributed by atoms with van der Waals surface area (Å²) >= 11 is 1.61. The van der Waals surface area contributed by atoms with Gasteiger partial charge in [0.25, 0.3) is 0 Å². The Morgan fingerprint density at radius 2 is 2.14 bits per heavy atom. The molecule has 144 valence electrons.